The standard InChI is InChI=1S/C15H25N3/c1-18-11-10-16-14(18)6-9-15(7-2-3-8-15)12-17-13-4-5-13/h10-11,13,17H,2-9,12H2,1H3. The van der Waals surface area contributed by atoms with Gasteiger partial charge in [0.25, 0.3) is 0 Å². The average molecular weight is 247 g/mol. The van der Waals surface area contributed by atoms with Crippen LogP contribution in [0.15, 0.2) is 12.4 Å². The first kappa shape index (κ1) is 12.2. The maximum absolute atomic E-state index is 4.46. The molecule has 0 spiro atoms. The molecule has 2 aliphatic carbocycles. The summed E-state index contributed by atoms with van der Waals surface area (Å²) in [6.45, 7) is 1.24. The van der Waals surface area contributed by atoms with E-state index in [-0.39, 0.29) is 0 Å². The Hall–Kier alpha value is -0.830. The lowest BCUT2D eigenvalue weighted by Gasteiger charge is -2.29. The molecule has 0 aliphatic heterocycles. The molecule has 2 aliphatic rings. The van der Waals surface area contributed by atoms with Crippen LogP contribution in [-0.4, -0.2) is 22.1 Å². The summed E-state index contributed by atoms with van der Waals surface area (Å²) >= 11 is 0. The SMILES string of the molecule is Cn1ccnc1CCC1(CNC2CC2)CCCC1. The summed E-state index contributed by atoms with van der Waals surface area (Å²) in [5.41, 5.74) is 0.564. The van der Waals surface area contributed by atoms with Crippen LogP contribution in [-0.2, 0) is 13.5 Å². The third-order valence-electron chi connectivity index (χ3n) is 4.81. The highest BCUT2D eigenvalue weighted by atomic mass is 15.0. The van der Waals surface area contributed by atoms with E-state index in [2.05, 4.69) is 28.1 Å². The van der Waals surface area contributed by atoms with Gasteiger partial charge in [0.15, 0.2) is 0 Å². The number of aromatic nitrogens is 2. The quantitative estimate of drug-likeness (QED) is 0.837. The Morgan fingerprint density at radius 1 is 1.39 bits per heavy atom. The molecule has 1 N–H and O–H groups in total. The molecule has 0 unspecified atom stereocenters. The van der Waals surface area contributed by atoms with Crippen LogP contribution in [0.5, 0.6) is 0 Å². The molecule has 0 radical (unpaired) electrons. The molecule has 0 aromatic carbocycles. The van der Waals surface area contributed by atoms with Gasteiger partial charge in [0.05, 0.1) is 0 Å². The lowest BCUT2D eigenvalue weighted by Crippen LogP contribution is -2.34. The third kappa shape index (κ3) is 2.77. The number of nitrogens with zero attached hydrogens (tertiary/aromatic N) is 2. The van der Waals surface area contributed by atoms with Crippen molar-refractivity contribution < 1.29 is 0 Å². The van der Waals surface area contributed by atoms with Crippen LogP contribution in [0, 0.1) is 5.41 Å². The second kappa shape index (κ2) is 5.04. The summed E-state index contributed by atoms with van der Waals surface area (Å²) in [7, 11) is 2.10. The van der Waals surface area contributed by atoms with Gasteiger partial charge in [-0.1, -0.05) is 12.8 Å². The summed E-state index contributed by atoms with van der Waals surface area (Å²) < 4.78 is 2.16. The summed E-state index contributed by atoms with van der Waals surface area (Å²) in [6.07, 6.45) is 14.9. The monoisotopic (exact) mass is 247 g/mol. The van der Waals surface area contributed by atoms with Crippen LogP contribution in [0.1, 0.15) is 50.8 Å². The van der Waals surface area contributed by atoms with Gasteiger partial charge in [-0.05, 0) is 37.5 Å². The highest BCUT2D eigenvalue weighted by Gasteiger charge is 2.35. The zero-order chi connectivity index (χ0) is 12.4. The Kier molecular flexibility index (Phi) is 3.42. The van der Waals surface area contributed by atoms with Gasteiger partial charge in [-0.3, -0.25) is 0 Å². The fourth-order valence-corrected chi connectivity index (χ4v) is 3.30. The van der Waals surface area contributed by atoms with Gasteiger partial charge < -0.3 is 9.88 Å². The largest absolute Gasteiger partial charge is 0.338 e. The van der Waals surface area contributed by atoms with Crippen molar-refractivity contribution in [2.24, 2.45) is 12.5 Å². The number of hydrogen-bond donors (Lipinski definition) is 1. The van der Waals surface area contributed by atoms with E-state index in [0.717, 1.165) is 12.5 Å². The average Bonchev–Trinajstić information content (AvgIpc) is 2.94. The summed E-state index contributed by atoms with van der Waals surface area (Å²) in [5.74, 6) is 1.24. The van der Waals surface area contributed by atoms with Crippen LogP contribution >= 0.6 is 0 Å². The fourth-order valence-electron chi connectivity index (χ4n) is 3.30. The van der Waals surface area contributed by atoms with Crippen molar-refractivity contribution in [3.8, 4) is 0 Å². The minimum atomic E-state index is 0.564. The molecule has 2 fully saturated rings. The van der Waals surface area contributed by atoms with Crippen LogP contribution in [0.25, 0.3) is 0 Å². The molecule has 1 aromatic rings. The van der Waals surface area contributed by atoms with Gasteiger partial charge in [-0.15, -0.1) is 0 Å². The predicted octanol–water partition coefficient (Wildman–Crippen LogP) is 2.67. The normalized spacial score (nSPS) is 22.5. The molecule has 3 heteroatoms. The predicted molar refractivity (Wildman–Crippen MR) is 73.5 cm³/mol. The van der Waals surface area contributed by atoms with E-state index in [0.29, 0.717) is 5.41 Å². The molecule has 18 heavy (non-hydrogen) atoms. The van der Waals surface area contributed by atoms with Crippen molar-refractivity contribution in [3.05, 3.63) is 18.2 Å². The van der Waals surface area contributed by atoms with Gasteiger partial charge >= 0.3 is 0 Å². The Balaban J connectivity index is 1.57. The highest BCUT2D eigenvalue weighted by Crippen LogP contribution is 2.41. The van der Waals surface area contributed by atoms with Crippen molar-refractivity contribution in [2.45, 2.75) is 57.4 Å². The van der Waals surface area contributed by atoms with Crippen LogP contribution in [0.4, 0.5) is 0 Å². The van der Waals surface area contributed by atoms with Crippen molar-refractivity contribution in [1.29, 1.82) is 0 Å². The Labute approximate surface area is 110 Å². The van der Waals surface area contributed by atoms with E-state index in [9.17, 15) is 0 Å². The minimum Gasteiger partial charge on any atom is -0.338 e. The Morgan fingerprint density at radius 2 is 2.17 bits per heavy atom. The lowest BCUT2D eigenvalue weighted by atomic mass is 9.81. The molecular formula is C15H25N3. The lowest BCUT2D eigenvalue weighted by molar-refractivity contribution is 0.254. The van der Waals surface area contributed by atoms with Gasteiger partial charge in [-0.25, -0.2) is 4.98 Å². The molecule has 0 bridgehead atoms. The van der Waals surface area contributed by atoms with Crippen LogP contribution in [0.2, 0.25) is 0 Å². The van der Waals surface area contributed by atoms with E-state index in [4.69, 9.17) is 0 Å². The summed E-state index contributed by atoms with van der Waals surface area (Å²) in [5, 5.41) is 3.76. The number of aryl methyl sites for hydroxylation is 2. The first-order valence-electron chi connectivity index (χ1n) is 7.47. The smallest absolute Gasteiger partial charge is 0.108 e. The number of nitrogens with one attached hydrogen (secondary N) is 1. The maximum atomic E-state index is 4.46. The Morgan fingerprint density at radius 3 is 2.78 bits per heavy atom. The van der Waals surface area contributed by atoms with Gasteiger partial charge in [0, 0.05) is 38.4 Å². The van der Waals surface area contributed by atoms with Gasteiger partial charge in [-0.2, -0.15) is 0 Å². The molecule has 0 saturated heterocycles. The molecule has 0 atom stereocenters. The zero-order valence-electron chi connectivity index (χ0n) is 11.5. The first-order chi connectivity index (χ1) is 8.77. The first-order valence-corrected chi connectivity index (χ1v) is 7.47. The topological polar surface area (TPSA) is 29.9 Å². The molecule has 3 nitrogen and oxygen atoms in total. The van der Waals surface area contributed by atoms with Crippen molar-refractivity contribution in [1.82, 2.24) is 14.9 Å². The summed E-state index contributed by atoms with van der Waals surface area (Å²) in [4.78, 5) is 4.46. The van der Waals surface area contributed by atoms with Crippen molar-refractivity contribution in [2.75, 3.05) is 6.54 Å². The molecule has 3 rings (SSSR count). The van der Waals surface area contributed by atoms with Crippen LogP contribution in [0.3, 0.4) is 0 Å². The summed E-state index contributed by atoms with van der Waals surface area (Å²) in [6, 6.07) is 0.843. The maximum Gasteiger partial charge on any atom is 0.108 e. The van der Waals surface area contributed by atoms with E-state index in [1.54, 1.807) is 0 Å². The van der Waals surface area contributed by atoms with Gasteiger partial charge in [0.1, 0.15) is 5.82 Å². The second-order valence-corrected chi connectivity index (χ2v) is 6.32. The van der Waals surface area contributed by atoms with E-state index in [1.165, 1.54) is 57.3 Å². The van der Waals surface area contributed by atoms with E-state index >= 15 is 0 Å². The Bertz CT molecular complexity index is 386. The molecule has 0 amide bonds. The van der Waals surface area contributed by atoms with Crippen molar-refractivity contribution >= 4 is 0 Å². The molecular weight excluding hydrogens is 222 g/mol. The number of imidazole rings is 1. The molecule has 100 valence electrons. The van der Waals surface area contributed by atoms with E-state index in [1.807, 2.05) is 6.20 Å². The van der Waals surface area contributed by atoms with Crippen molar-refractivity contribution in [3.63, 3.8) is 0 Å². The second-order valence-electron chi connectivity index (χ2n) is 6.32. The molecule has 2 saturated carbocycles. The van der Waals surface area contributed by atoms with E-state index < -0.39 is 0 Å². The number of rotatable bonds is 6. The third-order valence-corrected chi connectivity index (χ3v) is 4.81. The minimum absolute atomic E-state index is 0.564. The molecule has 1 heterocycles. The number of hydrogen-bond acceptors (Lipinski definition) is 2. The highest BCUT2D eigenvalue weighted by molar-refractivity contribution is 4.96. The molecule has 1 aromatic heterocycles. The van der Waals surface area contributed by atoms with Gasteiger partial charge in [0.2, 0.25) is 0 Å². The zero-order valence-corrected chi connectivity index (χ0v) is 11.5. The van der Waals surface area contributed by atoms with Crippen LogP contribution < -0.4 is 5.32 Å². The fraction of sp³-hybridized carbons (Fsp3) is 0.800.